The predicted molar refractivity (Wildman–Crippen MR) is 67.3 cm³/mol. The third kappa shape index (κ3) is 6.38. The lowest BCUT2D eigenvalue weighted by molar-refractivity contribution is 0.289. The number of allylic oxidation sites excluding steroid dienone is 2. The molecule has 0 aromatic carbocycles. The van der Waals surface area contributed by atoms with Gasteiger partial charge in [0.15, 0.2) is 0 Å². The van der Waals surface area contributed by atoms with E-state index in [4.69, 9.17) is 5.11 Å². The van der Waals surface area contributed by atoms with Gasteiger partial charge >= 0.3 is 0 Å². The lowest BCUT2D eigenvalue weighted by Crippen LogP contribution is -2.24. The average Bonchev–Trinajstić information content (AvgIpc) is 2.09. The van der Waals surface area contributed by atoms with Gasteiger partial charge in [-0.3, -0.25) is 0 Å². The molecule has 2 heteroatoms. The molecular formula is C12H26OSi. The van der Waals surface area contributed by atoms with E-state index in [1.807, 2.05) is 0 Å². The van der Waals surface area contributed by atoms with Gasteiger partial charge in [-0.1, -0.05) is 50.7 Å². The summed E-state index contributed by atoms with van der Waals surface area (Å²) in [5.41, 5.74) is 0. The van der Waals surface area contributed by atoms with Gasteiger partial charge in [-0.25, -0.2) is 0 Å². The Morgan fingerprint density at radius 2 is 1.86 bits per heavy atom. The van der Waals surface area contributed by atoms with E-state index in [-0.39, 0.29) is 0 Å². The Bertz CT molecular complexity index is 168. The van der Waals surface area contributed by atoms with E-state index in [9.17, 15) is 0 Å². The lowest BCUT2D eigenvalue weighted by Gasteiger charge is -2.21. The monoisotopic (exact) mass is 214 g/mol. The molecule has 0 saturated heterocycles. The largest absolute Gasteiger partial charge is 0.396 e. The van der Waals surface area contributed by atoms with Gasteiger partial charge < -0.3 is 5.11 Å². The van der Waals surface area contributed by atoms with E-state index >= 15 is 0 Å². The normalized spacial score (nSPS) is 13.4. The van der Waals surface area contributed by atoms with Crippen LogP contribution in [0.1, 0.15) is 39.0 Å². The minimum Gasteiger partial charge on any atom is -0.396 e. The second kappa shape index (κ2) is 7.24. The molecule has 0 atom stereocenters. The summed E-state index contributed by atoms with van der Waals surface area (Å²) in [5, 5.41) is 10.5. The van der Waals surface area contributed by atoms with Crippen LogP contribution in [-0.4, -0.2) is 19.8 Å². The molecule has 0 radical (unpaired) electrons. The molecule has 0 amide bonds. The van der Waals surface area contributed by atoms with Crippen molar-refractivity contribution in [2.75, 3.05) is 6.61 Å². The molecule has 0 bridgehead atoms. The SMILES string of the molecule is CCCC/C=C(/CCCO)[Si](C)(C)C. The van der Waals surface area contributed by atoms with Crippen LogP contribution >= 0.6 is 0 Å². The summed E-state index contributed by atoms with van der Waals surface area (Å²) in [6.45, 7) is 9.73. The Kier molecular flexibility index (Phi) is 7.20. The molecule has 0 unspecified atom stereocenters. The van der Waals surface area contributed by atoms with Gasteiger partial charge in [-0.2, -0.15) is 0 Å². The van der Waals surface area contributed by atoms with Gasteiger partial charge in [0.1, 0.15) is 0 Å². The highest BCUT2D eigenvalue weighted by Crippen LogP contribution is 2.20. The van der Waals surface area contributed by atoms with Crippen LogP contribution in [0.4, 0.5) is 0 Å². The summed E-state index contributed by atoms with van der Waals surface area (Å²) in [5.74, 6) is 0. The molecule has 0 rings (SSSR count). The topological polar surface area (TPSA) is 20.2 Å². The van der Waals surface area contributed by atoms with Crippen molar-refractivity contribution in [2.45, 2.75) is 58.7 Å². The Balaban J connectivity index is 4.16. The van der Waals surface area contributed by atoms with Crippen molar-refractivity contribution in [1.82, 2.24) is 0 Å². The third-order valence-electron chi connectivity index (χ3n) is 2.52. The Morgan fingerprint density at radius 3 is 2.29 bits per heavy atom. The fourth-order valence-corrected chi connectivity index (χ4v) is 3.22. The zero-order chi connectivity index (χ0) is 11.0. The zero-order valence-electron chi connectivity index (χ0n) is 10.3. The maximum atomic E-state index is 8.84. The molecule has 0 saturated carbocycles. The van der Waals surface area contributed by atoms with Crippen molar-refractivity contribution in [3.8, 4) is 0 Å². The van der Waals surface area contributed by atoms with Gasteiger partial charge in [-0.15, -0.1) is 0 Å². The van der Waals surface area contributed by atoms with Crippen molar-refractivity contribution in [3.63, 3.8) is 0 Å². The summed E-state index contributed by atoms with van der Waals surface area (Å²) >= 11 is 0. The summed E-state index contributed by atoms with van der Waals surface area (Å²) in [6.07, 6.45) is 8.27. The maximum Gasteiger partial charge on any atom is 0.0720 e. The molecule has 0 heterocycles. The van der Waals surface area contributed by atoms with E-state index in [1.165, 1.54) is 19.3 Å². The van der Waals surface area contributed by atoms with Crippen LogP contribution in [-0.2, 0) is 0 Å². The summed E-state index contributed by atoms with van der Waals surface area (Å²) in [7, 11) is -1.12. The smallest absolute Gasteiger partial charge is 0.0720 e. The van der Waals surface area contributed by atoms with Crippen LogP contribution in [0.25, 0.3) is 0 Å². The van der Waals surface area contributed by atoms with Crippen LogP contribution < -0.4 is 0 Å². The van der Waals surface area contributed by atoms with Gasteiger partial charge in [0, 0.05) is 6.61 Å². The first-order chi connectivity index (χ1) is 6.52. The molecule has 0 aromatic heterocycles. The molecule has 0 spiro atoms. The first-order valence-electron chi connectivity index (χ1n) is 5.82. The number of aliphatic hydroxyl groups is 1. The van der Waals surface area contributed by atoms with E-state index < -0.39 is 8.07 Å². The fraction of sp³-hybridized carbons (Fsp3) is 0.833. The molecule has 0 fully saturated rings. The zero-order valence-corrected chi connectivity index (χ0v) is 11.3. The molecule has 0 aliphatic carbocycles. The summed E-state index contributed by atoms with van der Waals surface area (Å²) in [6, 6.07) is 0. The molecule has 1 N–H and O–H groups in total. The number of rotatable bonds is 7. The fourth-order valence-electron chi connectivity index (χ4n) is 1.53. The van der Waals surface area contributed by atoms with Gasteiger partial charge in [0.25, 0.3) is 0 Å². The van der Waals surface area contributed by atoms with E-state index in [0.29, 0.717) is 6.61 Å². The van der Waals surface area contributed by atoms with Crippen molar-refractivity contribution in [2.24, 2.45) is 0 Å². The van der Waals surface area contributed by atoms with E-state index in [2.05, 4.69) is 32.6 Å². The molecule has 14 heavy (non-hydrogen) atoms. The van der Waals surface area contributed by atoms with Crippen molar-refractivity contribution >= 4 is 8.07 Å². The van der Waals surface area contributed by atoms with Crippen LogP contribution in [0.2, 0.25) is 19.6 Å². The minimum absolute atomic E-state index is 0.329. The minimum atomic E-state index is -1.12. The summed E-state index contributed by atoms with van der Waals surface area (Å²) in [4.78, 5) is 0. The predicted octanol–water partition coefficient (Wildman–Crippen LogP) is 3.75. The van der Waals surface area contributed by atoms with Crippen molar-refractivity contribution in [3.05, 3.63) is 11.3 Å². The molecule has 0 aliphatic heterocycles. The van der Waals surface area contributed by atoms with Crippen LogP contribution in [0, 0.1) is 0 Å². The molecular weight excluding hydrogens is 188 g/mol. The van der Waals surface area contributed by atoms with Gasteiger partial charge in [0.2, 0.25) is 0 Å². The molecule has 0 aliphatic rings. The van der Waals surface area contributed by atoms with Crippen molar-refractivity contribution < 1.29 is 5.11 Å². The average molecular weight is 214 g/mol. The van der Waals surface area contributed by atoms with E-state index in [0.717, 1.165) is 12.8 Å². The highest BCUT2D eigenvalue weighted by molar-refractivity contribution is 6.83. The van der Waals surface area contributed by atoms with Crippen LogP contribution in [0.5, 0.6) is 0 Å². The van der Waals surface area contributed by atoms with Crippen LogP contribution in [0.3, 0.4) is 0 Å². The first-order valence-corrected chi connectivity index (χ1v) is 9.32. The Morgan fingerprint density at radius 1 is 1.21 bits per heavy atom. The second-order valence-corrected chi connectivity index (χ2v) is 10.1. The number of hydrogen-bond acceptors (Lipinski definition) is 1. The highest BCUT2D eigenvalue weighted by atomic mass is 28.3. The Labute approximate surface area is 90.2 Å². The van der Waals surface area contributed by atoms with Gasteiger partial charge in [0.05, 0.1) is 8.07 Å². The number of unbranched alkanes of at least 4 members (excludes halogenated alkanes) is 2. The van der Waals surface area contributed by atoms with Crippen molar-refractivity contribution in [1.29, 1.82) is 0 Å². The van der Waals surface area contributed by atoms with E-state index in [1.54, 1.807) is 5.20 Å². The highest BCUT2D eigenvalue weighted by Gasteiger charge is 2.18. The maximum absolute atomic E-state index is 8.84. The Hall–Kier alpha value is -0.0831. The third-order valence-corrected chi connectivity index (χ3v) is 4.90. The molecule has 0 aromatic rings. The number of hydrogen-bond donors (Lipinski definition) is 1. The summed E-state index contributed by atoms with van der Waals surface area (Å²) < 4.78 is 0. The first kappa shape index (κ1) is 13.9. The molecule has 1 nitrogen and oxygen atoms in total. The molecule has 84 valence electrons. The van der Waals surface area contributed by atoms with Gasteiger partial charge in [-0.05, 0) is 19.3 Å². The number of aliphatic hydroxyl groups excluding tert-OH is 1. The van der Waals surface area contributed by atoms with Crippen LogP contribution in [0.15, 0.2) is 11.3 Å². The quantitative estimate of drug-likeness (QED) is 0.505. The second-order valence-electron chi connectivity index (χ2n) is 4.95. The lowest BCUT2D eigenvalue weighted by atomic mass is 10.2. The standard InChI is InChI=1S/C12H26OSi/c1-5-6-7-9-12(10-8-11-13)14(2,3)4/h9,13H,5-8,10-11H2,1-4H3/b12-9-.